The third-order valence-corrected chi connectivity index (χ3v) is 4.67. The van der Waals surface area contributed by atoms with Crippen LogP contribution in [0.4, 0.5) is 11.4 Å². The topological polar surface area (TPSA) is 81.4 Å². The number of nitrogens with one attached hydrogen (secondary N) is 1. The first kappa shape index (κ1) is 15.9. The van der Waals surface area contributed by atoms with Crippen molar-refractivity contribution in [2.24, 2.45) is 0 Å². The number of benzene rings is 3. The van der Waals surface area contributed by atoms with E-state index < -0.39 is 10.0 Å². The summed E-state index contributed by atoms with van der Waals surface area (Å²) in [6.07, 6.45) is 0. The lowest BCUT2D eigenvalue weighted by atomic mass is 10.3. The van der Waals surface area contributed by atoms with Crippen LogP contribution in [0.3, 0.4) is 0 Å². The number of nitrogens with two attached hydrogens (primary N) is 1. The molecule has 0 aliphatic rings. The highest BCUT2D eigenvalue weighted by Gasteiger charge is 2.16. The van der Waals surface area contributed by atoms with Gasteiger partial charge in [0, 0.05) is 11.8 Å². The van der Waals surface area contributed by atoms with Gasteiger partial charge < -0.3 is 10.5 Å². The summed E-state index contributed by atoms with van der Waals surface area (Å²) in [5.74, 6) is 0.868. The summed E-state index contributed by atoms with van der Waals surface area (Å²) < 4.78 is 33.2. The molecule has 0 saturated heterocycles. The summed E-state index contributed by atoms with van der Waals surface area (Å²) in [7, 11) is -3.73. The molecule has 6 heteroatoms. The van der Waals surface area contributed by atoms with Gasteiger partial charge in [0.05, 0.1) is 10.6 Å². The van der Waals surface area contributed by atoms with Crippen LogP contribution < -0.4 is 15.2 Å². The van der Waals surface area contributed by atoms with Gasteiger partial charge in [-0.1, -0.05) is 36.4 Å². The minimum absolute atomic E-state index is 0.0754. The number of para-hydroxylation sites is 2. The zero-order chi connectivity index (χ0) is 17.0. The van der Waals surface area contributed by atoms with Crippen LogP contribution in [-0.4, -0.2) is 8.42 Å². The fraction of sp³-hybridized carbons (Fsp3) is 0. The molecule has 122 valence electrons. The normalized spacial score (nSPS) is 11.0. The average molecular weight is 340 g/mol. The molecular weight excluding hydrogens is 324 g/mol. The summed E-state index contributed by atoms with van der Waals surface area (Å²) in [6.45, 7) is 0. The molecule has 3 rings (SSSR count). The Morgan fingerprint density at radius 3 is 2.12 bits per heavy atom. The van der Waals surface area contributed by atoms with Gasteiger partial charge in [0.1, 0.15) is 5.75 Å². The highest BCUT2D eigenvalue weighted by Crippen LogP contribution is 2.30. The Morgan fingerprint density at radius 1 is 0.833 bits per heavy atom. The second-order valence-electron chi connectivity index (χ2n) is 5.09. The number of rotatable bonds is 5. The third kappa shape index (κ3) is 3.67. The van der Waals surface area contributed by atoms with Gasteiger partial charge in [0.15, 0.2) is 5.75 Å². The molecular formula is C18H16N2O3S. The molecule has 0 fully saturated rings. The molecule has 0 aliphatic heterocycles. The summed E-state index contributed by atoms with van der Waals surface area (Å²) in [5.41, 5.74) is 6.74. The van der Waals surface area contributed by atoms with Gasteiger partial charge in [0.2, 0.25) is 0 Å². The summed E-state index contributed by atoms with van der Waals surface area (Å²) in [4.78, 5) is 0.0754. The van der Waals surface area contributed by atoms with E-state index in [1.54, 1.807) is 36.4 Å². The minimum Gasteiger partial charge on any atom is -0.455 e. The smallest absolute Gasteiger partial charge is 0.262 e. The maximum Gasteiger partial charge on any atom is 0.262 e. The Hall–Kier alpha value is -2.99. The van der Waals surface area contributed by atoms with E-state index in [1.807, 2.05) is 24.3 Å². The first-order valence-electron chi connectivity index (χ1n) is 7.25. The summed E-state index contributed by atoms with van der Waals surface area (Å²) in [5, 5.41) is 0. The van der Waals surface area contributed by atoms with Crippen LogP contribution in [0.5, 0.6) is 11.5 Å². The van der Waals surface area contributed by atoms with Crippen molar-refractivity contribution in [1.82, 2.24) is 0 Å². The molecule has 0 saturated carbocycles. The number of hydrogen-bond donors (Lipinski definition) is 2. The van der Waals surface area contributed by atoms with Crippen LogP contribution in [0.2, 0.25) is 0 Å². The van der Waals surface area contributed by atoms with E-state index in [-0.39, 0.29) is 10.6 Å². The first-order chi connectivity index (χ1) is 11.5. The van der Waals surface area contributed by atoms with E-state index in [1.165, 1.54) is 18.2 Å². The standard InChI is InChI=1S/C18H16N2O3S/c19-17-12-11-16(13-18(17)23-15-9-5-2-6-10-15)24(21,22)20-14-7-3-1-4-8-14/h1-13,20H,19H2. The highest BCUT2D eigenvalue weighted by molar-refractivity contribution is 7.92. The van der Waals surface area contributed by atoms with Gasteiger partial charge in [-0.15, -0.1) is 0 Å². The van der Waals surface area contributed by atoms with Gasteiger partial charge in [-0.3, -0.25) is 4.72 Å². The van der Waals surface area contributed by atoms with E-state index in [9.17, 15) is 8.42 Å². The van der Waals surface area contributed by atoms with Crippen LogP contribution >= 0.6 is 0 Å². The van der Waals surface area contributed by atoms with Crippen molar-refractivity contribution >= 4 is 21.4 Å². The Bertz CT molecular complexity index is 927. The molecule has 0 amide bonds. The number of nitrogen functional groups attached to an aromatic ring is 1. The van der Waals surface area contributed by atoms with E-state index in [2.05, 4.69) is 4.72 Å². The van der Waals surface area contributed by atoms with Crippen molar-refractivity contribution in [3.05, 3.63) is 78.9 Å². The number of ether oxygens (including phenoxy) is 1. The molecule has 0 aliphatic carbocycles. The van der Waals surface area contributed by atoms with Crippen molar-refractivity contribution in [3.8, 4) is 11.5 Å². The third-order valence-electron chi connectivity index (χ3n) is 3.29. The van der Waals surface area contributed by atoms with E-state index in [4.69, 9.17) is 10.5 Å². The molecule has 5 nitrogen and oxygen atoms in total. The SMILES string of the molecule is Nc1ccc(S(=O)(=O)Nc2ccccc2)cc1Oc1ccccc1. The molecule has 0 aromatic heterocycles. The highest BCUT2D eigenvalue weighted by atomic mass is 32.2. The largest absolute Gasteiger partial charge is 0.455 e. The van der Waals surface area contributed by atoms with Crippen LogP contribution in [0.1, 0.15) is 0 Å². The monoisotopic (exact) mass is 340 g/mol. The van der Waals surface area contributed by atoms with Crippen molar-refractivity contribution in [1.29, 1.82) is 0 Å². The second kappa shape index (κ2) is 6.64. The molecule has 0 bridgehead atoms. The molecule has 0 unspecified atom stereocenters. The fourth-order valence-electron chi connectivity index (χ4n) is 2.11. The zero-order valence-electron chi connectivity index (χ0n) is 12.7. The van der Waals surface area contributed by atoms with Crippen LogP contribution in [0.15, 0.2) is 83.8 Å². The molecule has 0 heterocycles. The first-order valence-corrected chi connectivity index (χ1v) is 8.73. The van der Waals surface area contributed by atoms with E-state index >= 15 is 0 Å². The van der Waals surface area contributed by atoms with Crippen molar-refractivity contribution < 1.29 is 13.2 Å². The molecule has 0 radical (unpaired) electrons. The second-order valence-corrected chi connectivity index (χ2v) is 6.77. The maximum absolute atomic E-state index is 12.5. The number of anilines is 2. The lowest BCUT2D eigenvalue weighted by Gasteiger charge is -2.12. The van der Waals surface area contributed by atoms with Gasteiger partial charge in [-0.2, -0.15) is 0 Å². The number of hydrogen-bond acceptors (Lipinski definition) is 4. The Kier molecular flexibility index (Phi) is 4.39. The Labute approximate surface area is 140 Å². The molecule has 3 aromatic rings. The molecule has 3 aromatic carbocycles. The van der Waals surface area contributed by atoms with Crippen LogP contribution in [-0.2, 0) is 10.0 Å². The van der Waals surface area contributed by atoms with E-state index in [0.29, 0.717) is 17.1 Å². The van der Waals surface area contributed by atoms with Crippen LogP contribution in [0, 0.1) is 0 Å². The van der Waals surface area contributed by atoms with Crippen molar-refractivity contribution in [2.45, 2.75) is 4.90 Å². The molecule has 0 atom stereocenters. The fourth-order valence-corrected chi connectivity index (χ4v) is 3.18. The Morgan fingerprint density at radius 2 is 1.46 bits per heavy atom. The zero-order valence-corrected chi connectivity index (χ0v) is 13.5. The Balaban J connectivity index is 1.90. The minimum atomic E-state index is -3.73. The van der Waals surface area contributed by atoms with E-state index in [0.717, 1.165) is 0 Å². The van der Waals surface area contributed by atoms with Crippen molar-refractivity contribution in [2.75, 3.05) is 10.5 Å². The summed E-state index contributed by atoms with van der Waals surface area (Å²) in [6, 6.07) is 22.1. The van der Waals surface area contributed by atoms with Gasteiger partial charge in [-0.05, 0) is 36.4 Å². The average Bonchev–Trinajstić information content (AvgIpc) is 2.58. The van der Waals surface area contributed by atoms with Gasteiger partial charge in [-0.25, -0.2) is 8.42 Å². The lowest BCUT2D eigenvalue weighted by Crippen LogP contribution is -2.13. The lowest BCUT2D eigenvalue weighted by molar-refractivity contribution is 0.483. The van der Waals surface area contributed by atoms with Gasteiger partial charge >= 0.3 is 0 Å². The number of sulfonamides is 1. The predicted octanol–water partition coefficient (Wildman–Crippen LogP) is 3.86. The molecule has 0 spiro atoms. The van der Waals surface area contributed by atoms with Gasteiger partial charge in [0.25, 0.3) is 10.0 Å². The maximum atomic E-state index is 12.5. The molecule has 3 N–H and O–H groups in total. The quantitative estimate of drug-likeness (QED) is 0.691. The summed E-state index contributed by atoms with van der Waals surface area (Å²) >= 11 is 0. The van der Waals surface area contributed by atoms with Crippen LogP contribution in [0.25, 0.3) is 0 Å². The predicted molar refractivity (Wildman–Crippen MR) is 94.6 cm³/mol. The van der Waals surface area contributed by atoms with Crippen molar-refractivity contribution in [3.63, 3.8) is 0 Å². The molecule has 24 heavy (non-hydrogen) atoms.